The lowest BCUT2D eigenvalue weighted by Gasteiger charge is -2.37. The Hall–Kier alpha value is -1.07. The molecular weight excluding hydrogens is 277 g/mol. The van der Waals surface area contributed by atoms with Crippen LogP contribution >= 0.6 is 0 Å². The number of hydrogen-bond donors (Lipinski definition) is 2. The van der Waals surface area contributed by atoms with Gasteiger partial charge in [-0.15, -0.1) is 0 Å². The number of alkyl halides is 3. The fourth-order valence-corrected chi connectivity index (χ4v) is 3.70. The number of nitrogens with two attached hydrogens (primary N) is 1. The highest BCUT2D eigenvalue weighted by Crippen LogP contribution is 2.50. The lowest BCUT2D eigenvalue weighted by molar-refractivity contribution is -0.137. The summed E-state index contributed by atoms with van der Waals surface area (Å²) in [6.45, 7) is 3.86. The van der Waals surface area contributed by atoms with Gasteiger partial charge in [-0.05, 0) is 54.9 Å². The van der Waals surface area contributed by atoms with Crippen molar-refractivity contribution in [3.05, 3.63) is 34.9 Å². The van der Waals surface area contributed by atoms with Crippen LogP contribution in [0.15, 0.2) is 18.2 Å². The van der Waals surface area contributed by atoms with E-state index >= 15 is 0 Å². The fourth-order valence-electron chi connectivity index (χ4n) is 3.70. The maximum Gasteiger partial charge on any atom is 0.416 e. The highest BCUT2D eigenvalue weighted by Gasteiger charge is 2.41. The molecule has 21 heavy (non-hydrogen) atoms. The molecule has 2 rings (SSSR count). The Kier molecular flexibility index (Phi) is 4.63. The van der Waals surface area contributed by atoms with E-state index in [1.807, 2.05) is 0 Å². The van der Waals surface area contributed by atoms with Crippen LogP contribution in [-0.2, 0) is 6.18 Å². The summed E-state index contributed by atoms with van der Waals surface area (Å²) in [7, 11) is 0. The molecule has 0 spiro atoms. The molecule has 1 aromatic rings. The Morgan fingerprint density at radius 3 is 2.33 bits per heavy atom. The summed E-state index contributed by atoms with van der Waals surface area (Å²) in [6.07, 6.45) is 1.13. The van der Waals surface area contributed by atoms with Crippen molar-refractivity contribution in [3.8, 4) is 0 Å². The van der Waals surface area contributed by atoms with E-state index < -0.39 is 11.7 Å². The van der Waals surface area contributed by atoms with Gasteiger partial charge in [0, 0.05) is 0 Å². The number of hydrogen-bond acceptors (Lipinski definition) is 2. The van der Waals surface area contributed by atoms with E-state index in [9.17, 15) is 13.2 Å². The third-order valence-corrected chi connectivity index (χ3v) is 4.99. The van der Waals surface area contributed by atoms with E-state index in [0.29, 0.717) is 5.56 Å². The number of hydrazine groups is 1. The second-order valence-corrected chi connectivity index (χ2v) is 6.09. The summed E-state index contributed by atoms with van der Waals surface area (Å²) in [5, 5.41) is 0. The van der Waals surface area contributed by atoms with E-state index in [1.54, 1.807) is 13.0 Å². The van der Waals surface area contributed by atoms with Crippen molar-refractivity contribution >= 4 is 0 Å². The minimum atomic E-state index is -4.30. The van der Waals surface area contributed by atoms with E-state index in [4.69, 9.17) is 5.84 Å². The first-order valence-electron chi connectivity index (χ1n) is 7.48. The van der Waals surface area contributed by atoms with Crippen molar-refractivity contribution in [2.24, 2.45) is 11.3 Å². The van der Waals surface area contributed by atoms with Gasteiger partial charge in [0.15, 0.2) is 0 Å². The van der Waals surface area contributed by atoms with Gasteiger partial charge in [-0.1, -0.05) is 25.8 Å². The molecule has 1 atom stereocenters. The van der Waals surface area contributed by atoms with Gasteiger partial charge in [0.2, 0.25) is 0 Å². The highest BCUT2D eigenvalue weighted by atomic mass is 19.4. The van der Waals surface area contributed by atoms with E-state index in [1.165, 1.54) is 6.07 Å². The van der Waals surface area contributed by atoms with Crippen molar-refractivity contribution in [1.82, 2.24) is 5.43 Å². The van der Waals surface area contributed by atoms with Gasteiger partial charge in [0.05, 0.1) is 11.6 Å². The fraction of sp³-hybridized carbons (Fsp3) is 0.625. The summed E-state index contributed by atoms with van der Waals surface area (Å²) in [4.78, 5) is 0. The Bertz CT molecular complexity index is 491. The molecule has 1 saturated carbocycles. The van der Waals surface area contributed by atoms with Crippen LogP contribution in [0.4, 0.5) is 13.2 Å². The minimum absolute atomic E-state index is 0.0548. The molecule has 1 aliphatic carbocycles. The second-order valence-electron chi connectivity index (χ2n) is 6.09. The Labute approximate surface area is 123 Å². The van der Waals surface area contributed by atoms with Gasteiger partial charge < -0.3 is 0 Å². The molecule has 3 N–H and O–H groups in total. The van der Waals surface area contributed by atoms with Crippen LogP contribution in [-0.4, -0.2) is 0 Å². The molecule has 0 aromatic heterocycles. The second kappa shape index (κ2) is 5.97. The van der Waals surface area contributed by atoms with E-state index in [0.717, 1.165) is 43.7 Å². The van der Waals surface area contributed by atoms with Gasteiger partial charge in [-0.25, -0.2) is 0 Å². The summed E-state index contributed by atoms with van der Waals surface area (Å²) in [5.41, 5.74) is 3.85. The predicted octanol–water partition coefficient (Wildman–Crippen LogP) is 4.49. The lowest BCUT2D eigenvalue weighted by Crippen LogP contribution is -2.40. The molecule has 0 bridgehead atoms. The summed E-state index contributed by atoms with van der Waals surface area (Å²) >= 11 is 0. The molecular formula is C16H23F3N2. The van der Waals surface area contributed by atoms with Crippen LogP contribution in [0.3, 0.4) is 0 Å². The molecule has 1 aliphatic rings. The lowest BCUT2D eigenvalue weighted by atomic mass is 9.73. The van der Waals surface area contributed by atoms with Crippen LogP contribution in [0.25, 0.3) is 0 Å². The zero-order chi connectivity index (χ0) is 15.7. The zero-order valence-electron chi connectivity index (χ0n) is 12.6. The first-order valence-corrected chi connectivity index (χ1v) is 7.48. The average molecular weight is 300 g/mol. The van der Waals surface area contributed by atoms with Crippen LogP contribution < -0.4 is 11.3 Å². The van der Waals surface area contributed by atoms with Crippen molar-refractivity contribution in [2.75, 3.05) is 0 Å². The maximum atomic E-state index is 12.8. The van der Waals surface area contributed by atoms with Crippen molar-refractivity contribution in [1.29, 1.82) is 0 Å². The molecule has 1 aromatic carbocycles. The summed E-state index contributed by atoms with van der Waals surface area (Å²) in [5.74, 6) is 5.77. The SMILES string of the molecule is CCC1(C(NN)c2ccc(C(F)(F)F)cc2C)CCCC1. The Morgan fingerprint density at radius 1 is 1.29 bits per heavy atom. The molecule has 1 unspecified atom stereocenters. The summed E-state index contributed by atoms with van der Waals surface area (Å²) < 4.78 is 38.4. The molecule has 0 saturated heterocycles. The maximum absolute atomic E-state index is 12.8. The third-order valence-electron chi connectivity index (χ3n) is 4.99. The number of nitrogens with one attached hydrogen (secondary N) is 1. The number of benzene rings is 1. The predicted molar refractivity (Wildman–Crippen MR) is 77.4 cm³/mol. The van der Waals surface area contributed by atoms with Gasteiger partial charge in [0.1, 0.15) is 0 Å². The van der Waals surface area contributed by atoms with Gasteiger partial charge in [-0.2, -0.15) is 13.2 Å². The third kappa shape index (κ3) is 3.09. The topological polar surface area (TPSA) is 38.0 Å². The monoisotopic (exact) mass is 300 g/mol. The van der Waals surface area contributed by atoms with Crippen molar-refractivity contribution in [2.45, 2.75) is 58.2 Å². The molecule has 118 valence electrons. The van der Waals surface area contributed by atoms with E-state index in [2.05, 4.69) is 12.3 Å². The Morgan fingerprint density at radius 2 is 1.90 bits per heavy atom. The van der Waals surface area contributed by atoms with Crippen LogP contribution in [0.2, 0.25) is 0 Å². The van der Waals surface area contributed by atoms with Crippen LogP contribution in [0.1, 0.15) is 61.8 Å². The largest absolute Gasteiger partial charge is 0.416 e. The van der Waals surface area contributed by atoms with Crippen molar-refractivity contribution in [3.63, 3.8) is 0 Å². The molecule has 0 amide bonds. The van der Waals surface area contributed by atoms with Crippen LogP contribution in [0.5, 0.6) is 0 Å². The minimum Gasteiger partial charge on any atom is -0.271 e. The smallest absolute Gasteiger partial charge is 0.271 e. The van der Waals surface area contributed by atoms with Crippen molar-refractivity contribution < 1.29 is 13.2 Å². The highest BCUT2D eigenvalue weighted by molar-refractivity contribution is 5.36. The normalized spacial score (nSPS) is 19.7. The van der Waals surface area contributed by atoms with Crippen LogP contribution in [0, 0.1) is 12.3 Å². The van der Waals surface area contributed by atoms with Gasteiger partial charge in [-0.3, -0.25) is 11.3 Å². The zero-order valence-corrected chi connectivity index (χ0v) is 12.6. The molecule has 5 heteroatoms. The molecule has 0 radical (unpaired) electrons. The van der Waals surface area contributed by atoms with E-state index in [-0.39, 0.29) is 11.5 Å². The molecule has 1 fully saturated rings. The first kappa shape index (κ1) is 16.3. The van der Waals surface area contributed by atoms with Gasteiger partial charge in [0.25, 0.3) is 0 Å². The quantitative estimate of drug-likeness (QED) is 0.635. The molecule has 0 heterocycles. The number of halogens is 3. The molecule has 2 nitrogen and oxygen atoms in total. The molecule has 0 aliphatic heterocycles. The number of aryl methyl sites for hydroxylation is 1. The Balaban J connectivity index is 2.39. The summed E-state index contributed by atoms with van der Waals surface area (Å²) in [6, 6.07) is 3.87. The first-order chi connectivity index (χ1) is 9.84. The van der Waals surface area contributed by atoms with Gasteiger partial charge >= 0.3 is 6.18 Å². The average Bonchev–Trinajstić information content (AvgIpc) is 2.90. The standard InChI is InChI=1S/C16H23F3N2/c1-3-15(8-4-5-9-15)14(21-20)13-7-6-12(10-11(13)2)16(17,18)19/h6-7,10,14,21H,3-5,8-9,20H2,1-2H3. The number of rotatable bonds is 4.